The third-order valence-corrected chi connectivity index (χ3v) is 6.79. The summed E-state index contributed by atoms with van der Waals surface area (Å²) in [5.41, 5.74) is 0.279. The van der Waals surface area contributed by atoms with Gasteiger partial charge in [0.15, 0.2) is 5.01 Å². The molecule has 0 radical (unpaired) electrons. The van der Waals surface area contributed by atoms with Gasteiger partial charge in [0.2, 0.25) is 5.13 Å². The molecule has 3 atom stereocenters. The number of rotatable bonds is 3. The molecule has 2 aliphatic rings. The van der Waals surface area contributed by atoms with Gasteiger partial charge in [-0.25, -0.2) is 13.6 Å². The number of anilines is 1. The Balaban J connectivity index is 1.63. The van der Waals surface area contributed by atoms with Crippen molar-refractivity contribution in [2.75, 3.05) is 5.32 Å². The molecule has 0 aliphatic heterocycles. The van der Waals surface area contributed by atoms with Gasteiger partial charge in [-0.05, 0) is 36.0 Å². The molecule has 0 saturated heterocycles. The molecular formula is C14H20F2N4OS. The number of hydrogen-bond acceptors (Lipinski definition) is 4. The van der Waals surface area contributed by atoms with E-state index >= 15 is 0 Å². The first-order chi connectivity index (χ1) is 10.2. The van der Waals surface area contributed by atoms with Gasteiger partial charge in [-0.1, -0.05) is 32.1 Å². The molecule has 2 fully saturated rings. The van der Waals surface area contributed by atoms with E-state index in [0.717, 1.165) is 12.8 Å². The molecule has 5 nitrogen and oxygen atoms in total. The summed E-state index contributed by atoms with van der Waals surface area (Å²) in [5.74, 6) is 0.620. The lowest BCUT2D eigenvalue weighted by molar-refractivity contribution is 0.125. The molecule has 2 N–H and O–H groups in total. The van der Waals surface area contributed by atoms with Crippen LogP contribution < -0.4 is 10.6 Å². The highest BCUT2D eigenvalue weighted by Gasteiger charge is 2.61. The minimum absolute atomic E-state index is 0.0737. The first-order valence-corrected chi connectivity index (χ1v) is 8.25. The maximum atomic E-state index is 12.5. The van der Waals surface area contributed by atoms with Gasteiger partial charge in [0, 0.05) is 6.04 Å². The van der Waals surface area contributed by atoms with E-state index in [-0.39, 0.29) is 27.0 Å². The van der Waals surface area contributed by atoms with E-state index < -0.39 is 12.5 Å². The van der Waals surface area contributed by atoms with Crippen LogP contribution in [-0.2, 0) is 0 Å². The zero-order chi connectivity index (χ0) is 16.1. The van der Waals surface area contributed by atoms with Gasteiger partial charge in [0.1, 0.15) is 0 Å². The minimum Gasteiger partial charge on any atom is -0.334 e. The van der Waals surface area contributed by atoms with Crippen molar-refractivity contribution < 1.29 is 13.6 Å². The molecule has 3 rings (SSSR count). The number of aromatic nitrogens is 2. The highest BCUT2D eigenvalue weighted by molar-refractivity contribution is 7.15. The number of carbonyl (C=O) groups is 1. The van der Waals surface area contributed by atoms with E-state index in [1.165, 1.54) is 6.42 Å². The molecule has 8 heteroatoms. The molecule has 2 saturated carbocycles. The Morgan fingerprint density at radius 2 is 2.09 bits per heavy atom. The maximum absolute atomic E-state index is 12.5. The summed E-state index contributed by atoms with van der Waals surface area (Å²) in [6, 6.07) is -0.296. The third-order valence-electron chi connectivity index (χ3n) is 5.95. The molecule has 0 unspecified atom stereocenters. The van der Waals surface area contributed by atoms with Crippen LogP contribution >= 0.6 is 11.3 Å². The fourth-order valence-electron chi connectivity index (χ4n) is 4.09. The smallest absolute Gasteiger partial charge is 0.321 e. The molecular weight excluding hydrogens is 310 g/mol. The fourth-order valence-corrected chi connectivity index (χ4v) is 4.68. The van der Waals surface area contributed by atoms with E-state index in [0.29, 0.717) is 17.3 Å². The molecule has 122 valence electrons. The summed E-state index contributed by atoms with van der Waals surface area (Å²) in [7, 11) is 0. The second kappa shape index (κ2) is 5.11. The molecule has 0 aromatic carbocycles. The van der Waals surface area contributed by atoms with Gasteiger partial charge in [-0.15, -0.1) is 10.2 Å². The Morgan fingerprint density at radius 1 is 1.36 bits per heavy atom. The lowest BCUT2D eigenvalue weighted by Gasteiger charge is -2.39. The van der Waals surface area contributed by atoms with Crippen molar-refractivity contribution in [1.29, 1.82) is 0 Å². The molecule has 22 heavy (non-hydrogen) atoms. The average Bonchev–Trinajstić information content (AvgIpc) is 3.01. The van der Waals surface area contributed by atoms with Crippen LogP contribution in [-0.4, -0.2) is 22.3 Å². The number of amides is 2. The SMILES string of the molecule is CC1(C)[C@H]2CC[C@@]1(C)[C@H](NC(=O)Nc1nnc(C(F)F)s1)C2. The van der Waals surface area contributed by atoms with E-state index in [1.54, 1.807) is 0 Å². The second-order valence-electron chi connectivity index (χ2n) is 7.01. The molecule has 0 spiro atoms. The normalized spacial score (nSPS) is 32.5. The first-order valence-electron chi connectivity index (χ1n) is 7.43. The van der Waals surface area contributed by atoms with E-state index in [2.05, 4.69) is 41.6 Å². The van der Waals surface area contributed by atoms with E-state index in [4.69, 9.17) is 0 Å². The third kappa shape index (κ3) is 2.28. The van der Waals surface area contributed by atoms with Gasteiger partial charge < -0.3 is 5.32 Å². The average molecular weight is 330 g/mol. The summed E-state index contributed by atoms with van der Waals surface area (Å²) in [4.78, 5) is 12.1. The number of nitrogens with zero attached hydrogens (tertiary/aromatic N) is 2. The lowest BCUT2D eigenvalue weighted by Crippen LogP contribution is -2.48. The summed E-state index contributed by atoms with van der Waals surface area (Å²) < 4.78 is 24.9. The lowest BCUT2D eigenvalue weighted by atomic mass is 9.69. The van der Waals surface area contributed by atoms with Gasteiger partial charge in [0.05, 0.1) is 0 Å². The molecule has 1 aromatic rings. The van der Waals surface area contributed by atoms with Crippen LogP contribution in [0.25, 0.3) is 0 Å². The summed E-state index contributed by atoms with van der Waals surface area (Å²) in [6.45, 7) is 6.76. The topological polar surface area (TPSA) is 66.9 Å². The van der Waals surface area contributed by atoms with E-state index in [1.807, 2.05) is 0 Å². The molecule has 1 aromatic heterocycles. The van der Waals surface area contributed by atoms with Crippen molar-refractivity contribution in [2.24, 2.45) is 16.7 Å². The molecule has 2 amide bonds. The standard InChI is InChI=1S/C14H20F2N4OS/c1-13(2)7-4-5-14(13,3)8(6-7)17-11(21)18-12-20-19-10(22-12)9(15)16/h7-9H,4-6H2,1-3H3,(H2,17,18,20,21)/t7-,8+,14-/m0/s1. The fraction of sp³-hybridized carbons (Fsp3) is 0.786. The Hall–Kier alpha value is -1.31. The number of nitrogens with one attached hydrogen (secondary N) is 2. The van der Waals surface area contributed by atoms with Crippen molar-refractivity contribution in [3.05, 3.63) is 5.01 Å². The van der Waals surface area contributed by atoms with Gasteiger partial charge >= 0.3 is 6.03 Å². The predicted molar refractivity (Wildman–Crippen MR) is 80.0 cm³/mol. The van der Waals surface area contributed by atoms with Crippen LogP contribution in [0.3, 0.4) is 0 Å². The number of halogens is 2. The van der Waals surface area contributed by atoms with E-state index in [9.17, 15) is 13.6 Å². The number of fused-ring (bicyclic) bond motifs is 2. The highest BCUT2D eigenvalue weighted by Crippen LogP contribution is 2.65. The first kappa shape index (κ1) is 15.6. The van der Waals surface area contributed by atoms with Crippen molar-refractivity contribution in [1.82, 2.24) is 15.5 Å². The Bertz CT molecular complexity index is 591. The number of urea groups is 1. The van der Waals surface area contributed by atoms with Crippen LogP contribution in [0.2, 0.25) is 0 Å². The number of carbonyl (C=O) groups excluding carboxylic acids is 1. The quantitative estimate of drug-likeness (QED) is 0.885. The summed E-state index contributed by atoms with van der Waals surface area (Å²) >= 11 is 0.697. The zero-order valence-corrected chi connectivity index (χ0v) is 13.6. The molecule has 1 heterocycles. The maximum Gasteiger partial charge on any atom is 0.321 e. The van der Waals surface area contributed by atoms with Crippen molar-refractivity contribution in [2.45, 2.75) is 52.5 Å². The van der Waals surface area contributed by atoms with Crippen LogP contribution in [0.4, 0.5) is 18.7 Å². The van der Waals surface area contributed by atoms with Gasteiger partial charge in [-0.3, -0.25) is 5.32 Å². The minimum atomic E-state index is -2.67. The predicted octanol–water partition coefficient (Wildman–Crippen LogP) is 3.81. The monoisotopic (exact) mass is 330 g/mol. The second-order valence-corrected chi connectivity index (χ2v) is 8.02. The van der Waals surface area contributed by atoms with Crippen LogP contribution in [0, 0.1) is 16.7 Å². The Labute approximate surface area is 131 Å². The molecule has 2 bridgehead atoms. The molecule has 2 aliphatic carbocycles. The summed E-state index contributed by atoms with van der Waals surface area (Å²) in [5, 5.41) is 12.1. The van der Waals surface area contributed by atoms with Crippen molar-refractivity contribution in [3.8, 4) is 0 Å². The Morgan fingerprint density at radius 3 is 2.59 bits per heavy atom. The van der Waals surface area contributed by atoms with Crippen LogP contribution in [0.1, 0.15) is 51.5 Å². The largest absolute Gasteiger partial charge is 0.334 e. The number of alkyl halides is 2. The highest BCUT2D eigenvalue weighted by atomic mass is 32.1. The Kier molecular flexibility index (Phi) is 3.62. The van der Waals surface area contributed by atoms with Crippen LogP contribution in [0.5, 0.6) is 0 Å². The number of hydrogen-bond donors (Lipinski definition) is 2. The van der Waals surface area contributed by atoms with Crippen molar-refractivity contribution in [3.63, 3.8) is 0 Å². The van der Waals surface area contributed by atoms with Crippen molar-refractivity contribution >= 4 is 22.5 Å². The zero-order valence-electron chi connectivity index (χ0n) is 12.8. The summed E-state index contributed by atoms with van der Waals surface area (Å²) in [6.07, 6.45) is 0.609. The van der Waals surface area contributed by atoms with Gasteiger partial charge in [-0.2, -0.15) is 0 Å². The van der Waals surface area contributed by atoms with Gasteiger partial charge in [0.25, 0.3) is 6.43 Å². The van der Waals surface area contributed by atoms with Crippen LogP contribution in [0.15, 0.2) is 0 Å².